The lowest BCUT2D eigenvalue weighted by atomic mass is 9.58. The predicted molar refractivity (Wildman–Crippen MR) is 134 cm³/mol. The van der Waals surface area contributed by atoms with Crippen molar-refractivity contribution in [3.63, 3.8) is 0 Å². The second-order valence-corrected chi connectivity index (χ2v) is 9.63. The Labute approximate surface area is 207 Å². The molecular formula is C28H21ClN4O2. The largest absolute Gasteiger partial charge is 0.360 e. The zero-order chi connectivity index (χ0) is 24.4. The number of hydrogen-bond donors (Lipinski definition) is 2. The maximum atomic E-state index is 14.7. The minimum Gasteiger partial charge on any atom is -0.360 e. The van der Waals surface area contributed by atoms with Crippen molar-refractivity contribution in [2.45, 2.75) is 11.5 Å². The molecule has 7 heteroatoms. The van der Waals surface area contributed by atoms with Gasteiger partial charge in [0.1, 0.15) is 0 Å². The lowest BCUT2D eigenvalue weighted by molar-refractivity contribution is -0.128. The molecule has 4 aromatic rings. The van der Waals surface area contributed by atoms with Crippen LogP contribution in [0.25, 0.3) is 10.9 Å². The van der Waals surface area contributed by atoms with E-state index >= 15 is 0 Å². The van der Waals surface area contributed by atoms with E-state index in [1.54, 1.807) is 31.4 Å². The molecule has 0 bridgehead atoms. The lowest BCUT2D eigenvalue weighted by Crippen LogP contribution is -2.58. The molecular weight excluding hydrogens is 460 g/mol. The molecule has 172 valence electrons. The van der Waals surface area contributed by atoms with Gasteiger partial charge in [0, 0.05) is 51.4 Å². The van der Waals surface area contributed by atoms with E-state index in [2.05, 4.69) is 16.4 Å². The number of likely N-dealkylation sites (tertiary alicyclic amines) is 1. The summed E-state index contributed by atoms with van der Waals surface area (Å²) in [5, 5.41) is 15.1. The fraction of sp³-hybridized carbons (Fsp3) is 0.179. The lowest BCUT2D eigenvalue weighted by Gasteiger charge is -2.41. The Hall–Kier alpha value is -3.92. The van der Waals surface area contributed by atoms with Crippen LogP contribution < -0.4 is 5.32 Å². The Bertz CT molecular complexity index is 1560. The summed E-state index contributed by atoms with van der Waals surface area (Å²) < 4.78 is 0. The predicted octanol–water partition coefficient (Wildman–Crippen LogP) is 5.09. The number of nitrogens with one attached hydrogen (secondary N) is 2. The quantitative estimate of drug-likeness (QED) is 0.400. The molecule has 6 nitrogen and oxygen atoms in total. The Morgan fingerprint density at radius 1 is 1.11 bits per heavy atom. The molecule has 2 N–H and O–H groups in total. The van der Waals surface area contributed by atoms with Gasteiger partial charge >= 0.3 is 0 Å². The number of rotatable bonds is 3. The number of benzene rings is 3. The van der Waals surface area contributed by atoms with Crippen molar-refractivity contribution in [3.05, 3.63) is 101 Å². The van der Waals surface area contributed by atoms with E-state index in [1.165, 1.54) is 0 Å². The molecule has 0 saturated carbocycles. The maximum absolute atomic E-state index is 14.7. The first kappa shape index (κ1) is 21.6. The number of anilines is 1. The van der Waals surface area contributed by atoms with E-state index in [4.69, 9.17) is 11.6 Å². The number of aromatic amines is 1. The van der Waals surface area contributed by atoms with E-state index in [0.717, 1.165) is 11.1 Å². The molecule has 1 fully saturated rings. The third-order valence-electron chi connectivity index (χ3n) is 7.64. The maximum Gasteiger partial charge on any atom is 0.251 e. The van der Waals surface area contributed by atoms with Crippen LogP contribution in [0.15, 0.2) is 79.0 Å². The molecule has 1 amide bonds. The molecule has 0 aliphatic carbocycles. The minimum atomic E-state index is -1.76. The third kappa shape index (κ3) is 2.62. The second-order valence-electron chi connectivity index (χ2n) is 9.20. The van der Waals surface area contributed by atoms with E-state index in [-0.39, 0.29) is 0 Å². The number of halogens is 1. The van der Waals surface area contributed by atoms with Gasteiger partial charge in [-0.05, 0) is 36.9 Å². The van der Waals surface area contributed by atoms with Crippen LogP contribution in [0.5, 0.6) is 0 Å². The van der Waals surface area contributed by atoms with Gasteiger partial charge in [0.2, 0.25) is 0 Å². The van der Waals surface area contributed by atoms with Gasteiger partial charge in [-0.1, -0.05) is 60.1 Å². The van der Waals surface area contributed by atoms with Crippen molar-refractivity contribution in [3.8, 4) is 6.07 Å². The molecule has 3 aromatic carbocycles. The molecule has 2 aliphatic rings. The molecule has 3 atom stereocenters. The standard InChI is InChI=1S/C28H21ClN4O2/c1-33-15-22(17-7-3-2-4-8-17)27(16-30,25(34)20-14-31-23-10-6-5-9-19(20)23)28(33)21-13-18(29)11-12-24(21)32-26(28)35/h2-14,22,31H,15H2,1H3,(H,32,35)/t22-,27+,28?/m0/s1. The second kappa shape index (κ2) is 7.54. The van der Waals surface area contributed by atoms with E-state index in [9.17, 15) is 14.9 Å². The Kier molecular flexibility index (Phi) is 4.65. The summed E-state index contributed by atoms with van der Waals surface area (Å²) in [6.45, 7) is 0.338. The monoisotopic (exact) mass is 480 g/mol. The van der Waals surface area contributed by atoms with Crippen molar-refractivity contribution in [1.82, 2.24) is 9.88 Å². The summed E-state index contributed by atoms with van der Waals surface area (Å²) in [6, 6.07) is 24.5. The molecule has 0 radical (unpaired) electrons. The zero-order valence-corrected chi connectivity index (χ0v) is 19.6. The van der Waals surface area contributed by atoms with Gasteiger partial charge in [-0.3, -0.25) is 14.5 Å². The topological polar surface area (TPSA) is 89.0 Å². The van der Waals surface area contributed by atoms with Gasteiger partial charge in [0.05, 0.1) is 6.07 Å². The number of nitrogens with zero attached hydrogens (tertiary/aromatic N) is 2. The fourth-order valence-corrected chi connectivity index (χ4v) is 6.35. The molecule has 2 aliphatic heterocycles. The Balaban J connectivity index is 1.70. The van der Waals surface area contributed by atoms with Crippen LogP contribution >= 0.6 is 11.6 Å². The van der Waals surface area contributed by atoms with Gasteiger partial charge in [0.15, 0.2) is 16.7 Å². The van der Waals surface area contributed by atoms with Crippen LogP contribution in [-0.4, -0.2) is 35.2 Å². The summed E-state index contributed by atoms with van der Waals surface area (Å²) in [6.07, 6.45) is 1.64. The van der Waals surface area contributed by atoms with Gasteiger partial charge in [-0.2, -0.15) is 5.26 Å². The summed E-state index contributed by atoms with van der Waals surface area (Å²) in [7, 11) is 1.80. The molecule has 35 heavy (non-hydrogen) atoms. The average molecular weight is 481 g/mol. The number of nitriles is 1. The van der Waals surface area contributed by atoms with E-state index in [1.807, 2.05) is 59.5 Å². The minimum absolute atomic E-state index is 0.338. The number of Topliss-reactive ketones (excluding diaryl/α,β-unsaturated/α-hetero) is 1. The highest BCUT2D eigenvalue weighted by atomic mass is 35.5. The fourth-order valence-electron chi connectivity index (χ4n) is 6.18. The van der Waals surface area contributed by atoms with E-state index in [0.29, 0.717) is 33.8 Å². The molecule has 3 heterocycles. The zero-order valence-electron chi connectivity index (χ0n) is 18.9. The van der Waals surface area contributed by atoms with Crippen LogP contribution in [0.4, 0.5) is 5.69 Å². The smallest absolute Gasteiger partial charge is 0.251 e. The number of ketones is 1. The number of carbonyl (C=O) groups excluding carboxylic acids is 2. The Morgan fingerprint density at radius 3 is 2.63 bits per heavy atom. The third-order valence-corrected chi connectivity index (χ3v) is 7.88. The summed E-state index contributed by atoms with van der Waals surface area (Å²) in [5.41, 5.74) is -0.196. The Morgan fingerprint density at radius 2 is 1.86 bits per heavy atom. The first-order chi connectivity index (χ1) is 16.9. The normalized spacial score (nSPS) is 25.5. The van der Waals surface area contributed by atoms with Crippen LogP contribution in [-0.2, 0) is 10.3 Å². The van der Waals surface area contributed by atoms with Crippen LogP contribution in [0.1, 0.15) is 27.4 Å². The van der Waals surface area contributed by atoms with Crippen molar-refractivity contribution < 1.29 is 9.59 Å². The number of likely N-dealkylation sites (N-methyl/N-ethyl adjacent to an activating group) is 1. The summed E-state index contributed by atoms with van der Waals surface area (Å²) >= 11 is 6.40. The summed E-state index contributed by atoms with van der Waals surface area (Å²) in [5.74, 6) is -1.35. The summed E-state index contributed by atoms with van der Waals surface area (Å²) in [4.78, 5) is 33.7. The van der Waals surface area contributed by atoms with Crippen molar-refractivity contribution >= 4 is 39.9 Å². The highest BCUT2D eigenvalue weighted by Gasteiger charge is 2.74. The number of carbonyl (C=O) groups is 2. The molecule has 1 aromatic heterocycles. The first-order valence-corrected chi connectivity index (χ1v) is 11.7. The van der Waals surface area contributed by atoms with Gasteiger partial charge < -0.3 is 10.3 Å². The SMILES string of the molecule is CN1C[C@@H](c2ccccc2)[C@](C#N)(C(=O)c2c[nH]c3ccccc23)C12C(=O)Nc1ccc(Cl)cc12. The molecule has 6 rings (SSSR count). The van der Waals surface area contributed by atoms with Gasteiger partial charge in [-0.15, -0.1) is 0 Å². The number of hydrogen-bond acceptors (Lipinski definition) is 4. The highest BCUT2D eigenvalue weighted by Crippen LogP contribution is 2.63. The number of amides is 1. The first-order valence-electron chi connectivity index (χ1n) is 11.3. The van der Waals surface area contributed by atoms with Crippen LogP contribution in [0.3, 0.4) is 0 Å². The number of para-hydroxylation sites is 1. The number of aromatic nitrogens is 1. The molecule has 1 saturated heterocycles. The average Bonchev–Trinajstić information content (AvgIpc) is 3.52. The molecule has 1 unspecified atom stereocenters. The highest BCUT2D eigenvalue weighted by molar-refractivity contribution is 6.31. The van der Waals surface area contributed by atoms with Crippen molar-refractivity contribution in [2.24, 2.45) is 5.41 Å². The van der Waals surface area contributed by atoms with Crippen LogP contribution in [0.2, 0.25) is 5.02 Å². The number of H-pyrrole nitrogens is 1. The van der Waals surface area contributed by atoms with Gasteiger partial charge in [0.25, 0.3) is 5.91 Å². The molecule has 1 spiro atoms. The number of fused-ring (bicyclic) bond motifs is 3. The van der Waals surface area contributed by atoms with E-state index < -0.39 is 28.6 Å². The van der Waals surface area contributed by atoms with Gasteiger partial charge in [-0.25, -0.2) is 0 Å². The van der Waals surface area contributed by atoms with Crippen molar-refractivity contribution in [1.29, 1.82) is 5.26 Å². The van der Waals surface area contributed by atoms with Crippen LogP contribution in [0, 0.1) is 16.7 Å². The van der Waals surface area contributed by atoms with Crippen molar-refractivity contribution in [2.75, 3.05) is 18.9 Å².